The van der Waals surface area contributed by atoms with E-state index in [2.05, 4.69) is 21.9 Å². The maximum atomic E-state index is 13.0. The second kappa shape index (κ2) is 8.48. The molecule has 146 valence electrons. The molecular formula is C21H23N3O3S. The molecule has 0 fully saturated rings. The van der Waals surface area contributed by atoms with Gasteiger partial charge in [0.1, 0.15) is 5.82 Å². The summed E-state index contributed by atoms with van der Waals surface area (Å²) >= 11 is 1.39. The number of hydrogen-bond donors (Lipinski definition) is 2. The Morgan fingerprint density at radius 2 is 2.07 bits per heavy atom. The number of carbonyl (C=O) groups excluding carboxylic acids is 1. The van der Waals surface area contributed by atoms with E-state index in [-0.39, 0.29) is 11.7 Å². The third-order valence-corrected chi connectivity index (χ3v) is 5.12. The molecule has 6 nitrogen and oxygen atoms in total. The highest BCUT2D eigenvalue weighted by Crippen LogP contribution is 2.40. The van der Waals surface area contributed by atoms with E-state index in [9.17, 15) is 9.59 Å². The Morgan fingerprint density at radius 1 is 1.36 bits per heavy atom. The molecule has 0 amide bonds. The van der Waals surface area contributed by atoms with Crippen molar-refractivity contribution in [2.24, 2.45) is 0 Å². The van der Waals surface area contributed by atoms with Crippen LogP contribution in [0.1, 0.15) is 37.8 Å². The fourth-order valence-corrected chi connectivity index (χ4v) is 3.76. The zero-order chi connectivity index (χ0) is 20.3. The molecule has 0 saturated heterocycles. The van der Waals surface area contributed by atoms with E-state index in [1.165, 1.54) is 11.8 Å². The molecule has 2 aromatic rings. The molecule has 7 heteroatoms. The Morgan fingerprint density at radius 3 is 2.71 bits per heavy atom. The Bertz CT molecular complexity index is 980. The first-order valence-corrected chi connectivity index (χ1v) is 10.0. The minimum absolute atomic E-state index is 0.264. The maximum Gasteiger partial charge on any atom is 0.337 e. The minimum atomic E-state index is -0.557. The third kappa shape index (κ3) is 4.04. The minimum Gasteiger partial charge on any atom is -0.460 e. The van der Waals surface area contributed by atoms with E-state index in [1.54, 1.807) is 26.8 Å². The average molecular weight is 398 g/mol. The van der Waals surface area contributed by atoms with Gasteiger partial charge in [-0.25, -0.2) is 9.78 Å². The van der Waals surface area contributed by atoms with Crippen molar-refractivity contribution >= 4 is 23.5 Å². The molecule has 0 radical (unpaired) electrons. The van der Waals surface area contributed by atoms with Gasteiger partial charge in [0, 0.05) is 11.4 Å². The number of H-pyrrole nitrogens is 1. The number of nitrogens with zero attached hydrogens (tertiary/aromatic N) is 1. The molecular weight excluding hydrogens is 374 g/mol. The first-order chi connectivity index (χ1) is 13.4. The predicted molar refractivity (Wildman–Crippen MR) is 112 cm³/mol. The van der Waals surface area contributed by atoms with Crippen LogP contribution in [0.3, 0.4) is 0 Å². The van der Waals surface area contributed by atoms with Crippen LogP contribution in [0, 0.1) is 0 Å². The molecule has 2 N–H and O–H groups in total. The van der Waals surface area contributed by atoms with Gasteiger partial charge < -0.3 is 15.0 Å². The molecule has 0 bridgehead atoms. The van der Waals surface area contributed by atoms with Crippen LogP contribution in [0.2, 0.25) is 0 Å². The summed E-state index contributed by atoms with van der Waals surface area (Å²) in [6, 6.07) is 9.46. The number of ether oxygens (including phenoxy) is 1. The molecule has 1 aromatic carbocycles. The van der Waals surface area contributed by atoms with Crippen LogP contribution < -0.4 is 10.9 Å². The van der Waals surface area contributed by atoms with Crippen molar-refractivity contribution in [3.8, 4) is 0 Å². The lowest BCUT2D eigenvalue weighted by Gasteiger charge is -2.29. The summed E-state index contributed by atoms with van der Waals surface area (Å²) in [5.41, 5.74) is 2.02. The Hall–Kier alpha value is -2.80. The van der Waals surface area contributed by atoms with Crippen molar-refractivity contribution in [3.05, 3.63) is 75.7 Å². The molecule has 28 heavy (non-hydrogen) atoms. The number of aromatic nitrogens is 2. The number of hydrogen-bond acceptors (Lipinski definition) is 6. The maximum absolute atomic E-state index is 13.0. The summed E-state index contributed by atoms with van der Waals surface area (Å²) in [7, 11) is 0. The number of nitrogens with one attached hydrogen (secondary N) is 2. The van der Waals surface area contributed by atoms with Gasteiger partial charge in [0.2, 0.25) is 0 Å². The second-order valence-electron chi connectivity index (χ2n) is 6.69. The van der Waals surface area contributed by atoms with E-state index >= 15 is 0 Å². The van der Waals surface area contributed by atoms with Crippen LogP contribution in [0.15, 0.2) is 64.2 Å². The Kier molecular flexibility index (Phi) is 6.04. The van der Waals surface area contributed by atoms with E-state index in [1.807, 2.05) is 30.3 Å². The van der Waals surface area contributed by atoms with Crippen molar-refractivity contribution < 1.29 is 9.53 Å². The second-order valence-corrected chi connectivity index (χ2v) is 7.70. The highest BCUT2D eigenvalue weighted by atomic mass is 32.2. The number of benzene rings is 1. The van der Waals surface area contributed by atoms with Gasteiger partial charge in [0.05, 0.1) is 23.2 Å². The molecule has 1 aliphatic rings. The van der Waals surface area contributed by atoms with Crippen molar-refractivity contribution in [3.63, 3.8) is 0 Å². The van der Waals surface area contributed by atoms with Crippen molar-refractivity contribution in [2.75, 3.05) is 11.1 Å². The molecule has 0 spiro atoms. The largest absolute Gasteiger partial charge is 0.460 e. The molecule has 0 aliphatic carbocycles. The number of rotatable bonds is 6. The van der Waals surface area contributed by atoms with Gasteiger partial charge in [-0.2, -0.15) is 0 Å². The van der Waals surface area contributed by atoms with Crippen molar-refractivity contribution in [1.82, 2.24) is 9.97 Å². The van der Waals surface area contributed by atoms with E-state index in [4.69, 9.17) is 4.74 Å². The summed E-state index contributed by atoms with van der Waals surface area (Å²) in [6.45, 7) is 9.09. The summed E-state index contributed by atoms with van der Waals surface area (Å²) in [5.74, 6) is 0.0927. The first-order valence-electron chi connectivity index (χ1n) is 9.04. The average Bonchev–Trinajstić information content (AvgIpc) is 2.65. The quantitative estimate of drug-likeness (QED) is 0.334. The zero-order valence-corrected chi connectivity index (χ0v) is 16.9. The number of allylic oxidation sites excluding steroid dienone is 1. The van der Waals surface area contributed by atoms with Gasteiger partial charge in [-0.3, -0.25) is 4.79 Å². The number of esters is 1. The lowest BCUT2D eigenvalue weighted by molar-refractivity contribution is -0.143. The fourth-order valence-electron chi connectivity index (χ4n) is 3.16. The van der Waals surface area contributed by atoms with Crippen LogP contribution in [0.4, 0.5) is 5.82 Å². The molecule has 1 aliphatic heterocycles. The third-order valence-electron chi connectivity index (χ3n) is 4.25. The number of anilines is 1. The van der Waals surface area contributed by atoms with Crippen molar-refractivity contribution in [2.45, 2.75) is 37.9 Å². The summed E-state index contributed by atoms with van der Waals surface area (Å²) in [5, 5.41) is 3.63. The van der Waals surface area contributed by atoms with E-state index < -0.39 is 11.9 Å². The smallest absolute Gasteiger partial charge is 0.337 e. The van der Waals surface area contributed by atoms with Crippen molar-refractivity contribution in [1.29, 1.82) is 0 Å². The zero-order valence-electron chi connectivity index (χ0n) is 16.1. The standard InChI is InChI=1S/C21H23N3O3S/c1-5-11-28-21-23-18-17(19(25)24-21)16(14-9-7-6-8-10-14)15(13(4)22-18)20(26)27-12(2)3/h5-10,12,16H,1,11H2,2-4H3,(H2,22,23,24,25)/t16-/m1/s1. The normalized spacial score (nSPS) is 15.8. The van der Waals surface area contributed by atoms with Crippen LogP contribution >= 0.6 is 11.8 Å². The highest BCUT2D eigenvalue weighted by Gasteiger charge is 2.36. The van der Waals surface area contributed by atoms with Gasteiger partial charge in [-0.05, 0) is 26.3 Å². The first kappa shape index (κ1) is 19.9. The molecule has 0 unspecified atom stereocenters. The molecule has 3 rings (SSSR count). The predicted octanol–water partition coefficient (Wildman–Crippen LogP) is 3.83. The SMILES string of the molecule is C=CCSc1nc2c(c(=O)[nH]1)[C@H](c1ccccc1)C(C(=O)OC(C)C)=C(C)N2. The number of fused-ring (bicyclic) bond motifs is 1. The fraction of sp³-hybridized carbons (Fsp3) is 0.286. The van der Waals surface area contributed by atoms with Crippen LogP contribution in [0.25, 0.3) is 0 Å². The number of aromatic amines is 1. The molecule has 2 heterocycles. The Balaban J connectivity index is 2.17. The number of carbonyl (C=O) groups is 1. The summed E-state index contributed by atoms with van der Waals surface area (Å²) < 4.78 is 5.46. The molecule has 1 atom stereocenters. The number of thioether (sulfide) groups is 1. The van der Waals surface area contributed by atoms with Crippen LogP contribution in [0.5, 0.6) is 0 Å². The Labute approximate surface area is 168 Å². The van der Waals surface area contributed by atoms with Crippen LogP contribution in [-0.4, -0.2) is 27.8 Å². The van der Waals surface area contributed by atoms with E-state index in [0.717, 1.165) is 5.56 Å². The lowest BCUT2D eigenvalue weighted by Crippen LogP contribution is -2.31. The van der Waals surface area contributed by atoms with Gasteiger partial charge in [-0.15, -0.1) is 6.58 Å². The van der Waals surface area contributed by atoms with Gasteiger partial charge in [0.25, 0.3) is 5.56 Å². The summed E-state index contributed by atoms with van der Waals surface area (Å²) in [4.78, 5) is 33.2. The van der Waals surface area contributed by atoms with E-state index in [0.29, 0.717) is 33.6 Å². The monoisotopic (exact) mass is 397 g/mol. The summed E-state index contributed by atoms with van der Waals surface area (Å²) in [6.07, 6.45) is 1.48. The highest BCUT2D eigenvalue weighted by molar-refractivity contribution is 7.99. The van der Waals surface area contributed by atoms with Gasteiger partial charge in [-0.1, -0.05) is 48.2 Å². The topological polar surface area (TPSA) is 84.1 Å². The molecule has 1 aromatic heterocycles. The lowest BCUT2D eigenvalue weighted by atomic mass is 9.82. The van der Waals surface area contributed by atoms with Gasteiger partial charge in [0.15, 0.2) is 5.16 Å². The molecule has 0 saturated carbocycles. The van der Waals surface area contributed by atoms with Crippen LogP contribution in [-0.2, 0) is 9.53 Å². The van der Waals surface area contributed by atoms with Gasteiger partial charge >= 0.3 is 5.97 Å².